The molecular formula is C18H17N3O2. The lowest BCUT2D eigenvalue weighted by Crippen LogP contribution is -2.32. The van der Waals surface area contributed by atoms with Crippen LogP contribution in [0.1, 0.15) is 11.3 Å². The predicted molar refractivity (Wildman–Crippen MR) is 89.0 cm³/mol. The molecule has 3 aromatic rings. The first-order valence-electron chi connectivity index (χ1n) is 7.35. The number of aromatic nitrogens is 2. The van der Waals surface area contributed by atoms with E-state index in [1.807, 2.05) is 55.5 Å². The summed E-state index contributed by atoms with van der Waals surface area (Å²) in [7, 11) is 0. The highest BCUT2D eigenvalue weighted by Gasteiger charge is 2.13. The van der Waals surface area contributed by atoms with Crippen LogP contribution in [0.15, 0.2) is 48.5 Å². The number of carbonyl (C=O) groups is 1. The van der Waals surface area contributed by atoms with E-state index in [9.17, 15) is 4.79 Å². The van der Waals surface area contributed by atoms with Gasteiger partial charge in [-0.3, -0.25) is 4.79 Å². The topological polar surface area (TPSA) is 89.1 Å². The van der Waals surface area contributed by atoms with Crippen LogP contribution >= 0.6 is 0 Å². The van der Waals surface area contributed by atoms with Crippen molar-refractivity contribution in [3.05, 3.63) is 59.8 Å². The molecule has 3 N–H and O–H groups in total. The van der Waals surface area contributed by atoms with E-state index >= 15 is 0 Å². The fourth-order valence-electron chi connectivity index (χ4n) is 2.53. The van der Waals surface area contributed by atoms with E-state index in [0.29, 0.717) is 0 Å². The van der Waals surface area contributed by atoms with Gasteiger partial charge in [0.25, 0.3) is 0 Å². The van der Waals surface area contributed by atoms with Gasteiger partial charge in [0.05, 0.1) is 22.4 Å². The zero-order valence-corrected chi connectivity index (χ0v) is 12.7. The molecule has 116 valence electrons. The second-order valence-corrected chi connectivity index (χ2v) is 5.50. The molecule has 0 saturated carbocycles. The highest BCUT2D eigenvalue weighted by Crippen LogP contribution is 2.23. The number of carboxylic acid groups (broad SMARTS) is 1. The summed E-state index contributed by atoms with van der Waals surface area (Å²) in [5.74, 6) is -1.01. The Bertz CT molecular complexity index is 863. The predicted octanol–water partition coefficient (Wildman–Crippen LogP) is 2.56. The summed E-state index contributed by atoms with van der Waals surface area (Å²) < 4.78 is 0. The molecule has 0 fully saturated rings. The van der Waals surface area contributed by atoms with Gasteiger partial charge in [-0.2, -0.15) is 0 Å². The van der Waals surface area contributed by atoms with E-state index in [4.69, 9.17) is 15.8 Å². The van der Waals surface area contributed by atoms with Crippen LogP contribution in [0.2, 0.25) is 0 Å². The van der Waals surface area contributed by atoms with Crippen LogP contribution in [0.3, 0.4) is 0 Å². The summed E-state index contributed by atoms with van der Waals surface area (Å²) in [5.41, 5.74) is 10.7. The Balaban J connectivity index is 2.04. The molecule has 1 aromatic heterocycles. The molecule has 0 amide bonds. The summed E-state index contributed by atoms with van der Waals surface area (Å²) in [6.07, 6.45) is 0.265. The number of nitrogens with zero attached hydrogens (tertiary/aromatic N) is 2. The maximum Gasteiger partial charge on any atom is 0.320 e. The number of fused-ring (bicyclic) bond motifs is 1. The first-order valence-corrected chi connectivity index (χ1v) is 7.35. The van der Waals surface area contributed by atoms with Crippen molar-refractivity contribution in [2.75, 3.05) is 0 Å². The molecule has 3 rings (SSSR count). The van der Waals surface area contributed by atoms with Gasteiger partial charge in [-0.25, -0.2) is 9.97 Å². The van der Waals surface area contributed by atoms with Crippen LogP contribution < -0.4 is 5.73 Å². The molecule has 0 aliphatic heterocycles. The molecule has 2 aromatic carbocycles. The molecule has 1 atom stereocenters. The van der Waals surface area contributed by atoms with Crippen LogP contribution in [0.5, 0.6) is 0 Å². The van der Waals surface area contributed by atoms with Gasteiger partial charge in [0.2, 0.25) is 0 Å². The van der Waals surface area contributed by atoms with Crippen LogP contribution in [-0.4, -0.2) is 27.1 Å². The number of aryl methyl sites for hydroxylation is 1. The molecule has 5 heteroatoms. The maximum atomic E-state index is 10.9. The van der Waals surface area contributed by atoms with Crippen molar-refractivity contribution in [3.63, 3.8) is 0 Å². The normalized spacial score (nSPS) is 12.3. The van der Waals surface area contributed by atoms with Gasteiger partial charge in [-0.05, 0) is 31.0 Å². The smallest absolute Gasteiger partial charge is 0.320 e. The summed E-state index contributed by atoms with van der Waals surface area (Å²) in [5, 5.41) is 8.93. The summed E-state index contributed by atoms with van der Waals surface area (Å²) >= 11 is 0. The number of hydrogen-bond acceptors (Lipinski definition) is 4. The number of benzene rings is 2. The highest BCUT2D eigenvalue weighted by molar-refractivity contribution is 5.79. The van der Waals surface area contributed by atoms with E-state index in [1.165, 1.54) is 0 Å². The minimum absolute atomic E-state index is 0.265. The van der Waals surface area contributed by atoms with Crippen molar-refractivity contribution in [1.29, 1.82) is 0 Å². The Morgan fingerprint density at radius 1 is 1.13 bits per heavy atom. The van der Waals surface area contributed by atoms with E-state index < -0.39 is 12.0 Å². The second-order valence-electron chi connectivity index (χ2n) is 5.50. The largest absolute Gasteiger partial charge is 0.480 e. The lowest BCUT2D eigenvalue weighted by atomic mass is 10.0. The fraction of sp³-hybridized carbons (Fsp3) is 0.167. The van der Waals surface area contributed by atoms with E-state index in [1.54, 1.807) is 0 Å². The minimum Gasteiger partial charge on any atom is -0.480 e. The Morgan fingerprint density at radius 3 is 2.57 bits per heavy atom. The number of aliphatic carboxylic acids is 1. The zero-order chi connectivity index (χ0) is 16.4. The van der Waals surface area contributed by atoms with Gasteiger partial charge in [0, 0.05) is 5.56 Å². The zero-order valence-electron chi connectivity index (χ0n) is 12.7. The van der Waals surface area contributed by atoms with Crippen molar-refractivity contribution < 1.29 is 9.90 Å². The Kier molecular flexibility index (Phi) is 4.04. The summed E-state index contributed by atoms with van der Waals surface area (Å²) in [6.45, 7) is 1.93. The Labute approximate surface area is 133 Å². The molecule has 0 radical (unpaired) electrons. The average Bonchev–Trinajstić information content (AvgIpc) is 2.55. The molecule has 1 unspecified atom stereocenters. The van der Waals surface area contributed by atoms with Crippen LogP contribution in [0.25, 0.3) is 22.3 Å². The molecule has 1 heterocycles. The monoisotopic (exact) mass is 307 g/mol. The van der Waals surface area contributed by atoms with Crippen molar-refractivity contribution in [3.8, 4) is 11.3 Å². The molecule has 0 spiro atoms. The molecular weight excluding hydrogens is 290 g/mol. The third-order valence-electron chi connectivity index (χ3n) is 3.72. The third-order valence-corrected chi connectivity index (χ3v) is 3.72. The summed E-state index contributed by atoms with van der Waals surface area (Å²) in [4.78, 5) is 20.2. The lowest BCUT2D eigenvalue weighted by molar-refractivity contribution is -0.138. The van der Waals surface area contributed by atoms with Crippen LogP contribution in [-0.2, 0) is 11.2 Å². The lowest BCUT2D eigenvalue weighted by Gasteiger charge is -2.09. The van der Waals surface area contributed by atoms with Crippen molar-refractivity contribution in [1.82, 2.24) is 9.97 Å². The maximum absolute atomic E-state index is 10.9. The molecule has 5 nitrogen and oxygen atoms in total. The van der Waals surface area contributed by atoms with Crippen molar-refractivity contribution in [2.45, 2.75) is 19.4 Å². The fourth-order valence-corrected chi connectivity index (χ4v) is 2.53. The van der Waals surface area contributed by atoms with Gasteiger partial charge in [0.1, 0.15) is 6.04 Å². The summed E-state index contributed by atoms with van der Waals surface area (Å²) in [6, 6.07) is 14.5. The van der Waals surface area contributed by atoms with E-state index in [2.05, 4.69) is 4.98 Å². The number of carboxylic acids is 1. The van der Waals surface area contributed by atoms with E-state index in [0.717, 1.165) is 33.5 Å². The van der Waals surface area contributed by atoms with Crippen LogP contribution in [0.4, 0.5) is 0 Å². The van der Waals surface area contributed by atoms with E-state index in [-0.39, 0.29) is 6.42 Å². The van der Waals surface area contributed by atoms with Gasteiger partial charge < -0.3 is 10.8 Å². The van der Waals surface area contributed by atoms with Crippen molar-refractivity contribution in [2.24, 2.45) is 5.73 Å². The molecule has 0 saturated heterocycles. The molecule has 23 heavy (non-hydrogen) atoms. The molecule has 0 aliphatic carbocycles. The van der Waals surface area contributed by atoms with Gasteiger partial charge in [-0.15, -0.1) is 0 Å². The van der Waals surface area contributed by atoms with Gasteiger partial charge in [0.15, 0.2) is 0 Å². The Hall–Kier alpha value is -2.79. The third kappa shape index (κ3) is 3.19. The SMILES string of the molecule is Cc1nc2ccc(CC(N)C(=O)O)cc2nc1-c1ccccc1. The molecule has 0 bridgehead atoms. The first kappa shape index (κ1) is 15.1. The Morgan fingerprint density at radius 2 is 1.87 bits per heavy atom. The standard InChI is InChI=1S/C18H17N3O2/c1-11-17(13-5-3-2-4-6-13)21-16-10-12(7-8-15(16)20-11)9-14(19)18(22)23/h2-8,10,14H,9,19H2,1H3,(H,22,23). The number of hydrogen-bond donors (Lipinski definition) is 2. The quantitative estimate of drug-likeness (QED) is 0.773. The van der Waals surface area contributed by atoms with Crippen LogP contribution in [0, 0.1) is 6.92 Å². The van der Waals surface area contributed by atoms with Gasteiger partial charge >= 0.3 is 5.97 Å². The number of rotatable bonds is 4. The number of nitrogens with two attached hydrogens (primary N) is 1. The van der Waals surface area contributed by atoms with Crippen molar-refractivity contribution >= 4 is 17.0 Å². The molecule has 0 aliphatic rings. The van der Waals surface area contributed by atoms with Gasteiger partial charge in [-0.1, -0.05) is 36.4 Å². The first-order chi connectivity index (χ1) is 11.0. The highest BCUT2D eigenvalue weighted by atomic mass is 16.4. The second kappa shape index (κ2) is 6.14. The minimum atomic E-state index is -1.01. The average molecular weight is 307 g/mol.